The Bertz CT molecular complexity index is 15.5. The van der Waals surface area contributed by atoms with Crippen LogP contribution >= 0.6 is 0 Å². The van der Waals surface area contributed by atoms with Gasteiger partial charge < -0.3 is 15.1 Å². The first-order valence-electron chi connectivity index (χ1n) is 0.775. The van der Waals surface area contributed by atoms with Crippen LogP contribution in [0.1, 0.15) is 0 Å². The molecule has 6 heteroatoms. The van der Waals surface area contributed by atoms with Crippen LogP contribution in [-0.2, 0) is 0 Å². The SMILES string of the molecule is OB(O)O.[Al+3].[K+]. The van der Waals surface area contributed by atoms with Gasteiger partial charge in [-0.2, -0.15) is 0 Å². The topological polar surface area (TPSA) is 60.7 Å². The summed E-state index contributed by atoms with van der Waals surface area (Å²) in [6, 6.07) is 0. The minimum Gasteiger partial charge on any atom is -0.402 e. The molecule has 3 N–H and O–H groups in total. The van der Waals surface area contributed by atoms with Gasteiger partial charge >= 0.3 is 76.1 Å². The summed E-state index contributed by atoms with van der Waals surface area (Å²) in [5.74, 6) is 0. The van der Waals surface area contributed by atoms with Gasteiger partial charge in [-0.15, -0.1) is 0 Å². The molecule has 0 aliphatic heterocycles. The summed E-state index contributed by atoms with van der Waals surface area (Å²) in [7, 11) is -2.17. The van der Waals surface area contributed by atoms with Crippen molar-refractivity contribution in [3.63, 3.8) is 0 Å². The second-order valence-electron chi connectivity index (χ2n) is 0.346. The van der Waals surface area contributed by atoms with Crippen molar-refractivity contribution < 1.29 is 66.5 Å². The fourth-order valence-corrected chi connectivity index (χ4v) is 0. The third-order valence-electron chi connectivity index (χ3n) is 0. The van der Waals surface area contributed by atoms with E-state index in [-0.39, 0.29) is 68.7 Å². The van der Waals surface area contributed by atoms with Crippen molar-refractivity contribution in [1.29, 1.82) is 0 Å². The van der Waals surface area contributed by atoms with Crippen LogP contribution in [-0.4, -0.2) is 39.8 Å². The molecular weight excluding hydrogens is 125 g/mol. The average molecular weight is 128 g/mol. The van der Waals surface area contributed by atoms with Gasteiger partial charge in [-0.25, -0.2) is 0 Å². The third-order valence-corrected chi connectivity index (χ3v) is 0. The molecular formula is H3AlBKO3+4. The molecule has 0 aliphatic carbocycles. The van der Waals surface area contributed by atoms with Gasteiger partial charge in [-0.3, -0.25) is 0 Å². The van der Waals surface area contributed by atoms with Crippen molar-refractivity contribution in [3.8, 4) is 0 Å². The van der Waals surface area contributed by atoms with E-state index in [0.717, 1.165) is 0 Å². The molecule has 6 heavy (non-hydrogen) atoms. The molecule has 0 fully saturated rings. The van der Waals surface area contributed by atoms with Crippen LogP contribution in [0, 0.1) is 0 Å². The molecule has 24 valence electrons. The van der Waals surface area contributed by atoms with Gasteiger partial charge in [0.25, 0.3) is 0 Å². The number of hydrogen-bond acceptors (Lipinski definition) is 3. The minimum atomic E-state index is -2.17. The van der Waals surface area contributed by atoms with Crippen molar-refractivity contribution >= 4 is 24.7 Å². The van der Waals surface area contributed by atoms with Gasteiger partial charge in [0.05, 0.1) is 0 Å². The molecule has 0 unspecified atom stereocenters. The van der Waals surface area contributed by atoms with E-state index in [4.69, 9.17) is 15.1 Å². The molecule has 0 aliphatic rings. The Kier molecular flexibility index (Phi) is 26.6. The van der Waals surface area contributed by atoms with Gasteiger partial charge in [0.2, 0.25) is 0 Å². The number of rotatable bonds is 0. The molecule has 0 radical (unpaired) electrons. The van der Waals surface area contributed by atoms with E-state index < -0.39 is 7.32 Å². The molecule has 0 amide bonds. The molecule has 0 aromatic heterocycles. The van der Waals surface area contributed by atoms with Gasteiger partial charge in [0, 0.05) is 0 Å². The molecule has 3 nitrogen and oxygen atoms in total. The van der Waals surface area contributed by atoms with Crippen molar-refractivity contribution in [2.75, 3.05) is 0 Å². The Morgan fingerprint density at radius 1 is 1.00 bits per heavy atom. The van der Waals surface area contributed by atoms with Gasteiger partial charge in [0.1, 0.15) is 0 Å². The second kappa shape index (κ2) is 10.2. The fourth-order valence-electron chi connectivity index (χ4n) is 0. The van der Waals surface area contributed by atoms with Crippen molar-refractivity contribution in [2.24, 2.45) is 0 Å². The Labute approximate surface area is 89.5 Å². The monoisotopic (exact) mass is 128 g/mol. The van der Waals surface area contributed by atoms with Crippen LogP contribution in [0.15, 0.2) is 0 Å². The summed E-state index contributed by atoms with van der Waals surface area (Å²) >= 11 is 0. The first-order valence-corrected chi connectivity index (χ1v) is 0.775. The normalized spacial score (nSPS) is 4.50. The van der Waals surface area contributed by atoms with Crippen LogP contribution in [0.5, 0.6) is 0 Å². The zero-order chi connectivity index (χ0) is 3.58. The molecule has 0 spiro atoms. The second-order valence-corrected chi connectivity index (χ2v) is 0.346. The van der Waals surface area contributed by atoms with Crippen molar-refractivity contribution in [1.82, 2.24) is 0 Å². The van der Waals surface area contributed by atoms with E-state index in [1.54, 1.807) is 0 Å². The third kappa shape index (κ3) is 35.8. The summed E-state index contributed by atoms with van der Waals surface area (Å²) < 4.78 is 0. The van der Waals surface area contributed by atoms with E-state index in [1.807, 2.05) is 0 Å². The summed E-state index contributed by atoms with van der Waals surface area (Å²) in [5, 5.41) is 21.5. The van der Waals surface area contributed by atoms with E-state index in [2.05, 4.69) is 0 Å². The Morgan fingerprint density at radius 3 is 1.00 bits per heavy atom. The maximum absolute atomic E-state index is 7.17. The van der Waals surface area contributed by atoms with Crippen LogP contribution in [0.3, 0.4) is 0 Å². The van der Waals surface area contributed by atoms with Crippen LogP contribution < -0.4 is 51.4 Å². The molecule has 0 bridgehead atoms. The van der Waals surface area contributed by atoms with Gasteiger partial charge in [0.15, 0.2) is 0 Å². The summed E-state index contributed by atoms with van der Waals surface area (Å²) in [6.45, 7) is 0. The Balaban J connectivity index is -0.0000000450. The molecule has 0 saturated heterocycles. The van der Waals surface area contributed by atoms with E-state index in [9.17, 15) is 0 Å². The summed E-state index contributed by atoms with van der Waals surface area (Å²) in [4.78, 5) is 0. The molecule has 0 saturated carbocycles. The van der Waals surface area contributed by atoms with Gasteiger partial charge in [-0.1, -0.05) is 0 Å². The smallest absolute Gasteiger partial charge is 0.402 e. The number of hydrogen-bond donors (Lipinski definition) is 3. The predicted octanol–water partition coefficient (Wildman–Crippen LogP) is -5.43. The van der Waals surface area contributed by atoms with Crippen LogP contribution in [0.4, 0.5) is 0 Å². The quantitative estimate of drug-likeness (QED) is 0.285. The van der Waals surface area contributed by atoms with E-state index in [0.29, 0.717) is 0 Å². The molecule has 0 aromatic rings. The van der Waals surface area contributed by atoms with E-state index >= 15 is 0 Å². The standard InChI is InChI=1S/Al.BH3O3.K/c;2-1(3)4;/h;2-4H;/q+3;;+1. The van der Waals surface area contributed by atoms with Gasteiger partial charge in [-0.05, 0) is 0 Å². The fraction of sp³-hybridized carbons (Fsp3) is 0. The van der Waals surface area contributed by atoms with Crippen molar-refractivity contribution in [2.45, 2.75) is 0 Å². The molecule has 0 aromatic carbocycles. The molecule has 0 rings (SSSR count). The predicted molar refractivity (Wildman–Crippen MR) is 18.2 cm³/mol. The Morgan fingerprint density at radius 2 is 1.00 bits per heavy atom. The molecule has 0 atom stereocenters. The Hall–Kier alpha value is 2.11. The van der Waals surface area contributed by atoms with Crippen LogP contribution in [0.25, 0.3) is 0 Å². The molecule has 0 heterocycles. The maximum Gasteiger partial charge on any atom is 3.00 e. The minimum absolute atomic E-state index is 0. The summed E-state index contributed by atoms with van der Waals surface area (Å²) in [5.41, 5.74) is 0. The zero-order valence-corrected chi connectivity index (χ0v) is 7.77. The van der Waals surface area contributed by atoms with Crippen molar-refractivity contribution in [3.05, 3.63) is 0 Å². The first-order chi connectivity index (χ1) is 1.73. The van der Waals surface area contributed by atoms with Crippen LogP contribution in [0.2, 0.25) is 0 Å². The first kappa shape index (κ1) is 15.7. The summed E-state index contributed by atoms with van der Waals surface area (Å²) in [6.07, 6.45) is 0. The average Bonchev–Trinajstić information content (AvgIpc) is 0.811. The maximum atomic E-state index is 7.17. The van der Waals surface area contributed by atoms with E-state index in [1.165, 1.54) is 0 Å². The largest absolute Gasteiger partial charge is 3.00 e. The zero-order valence-electron chi connectivity index (χ0n) is 3.50.